The highest BCUT2D eigenvalue weighted by atomic mass is 19.4. The molecule has 0 unspecified atom stereocenters. The molecule has 1 heterocycles. The van der Waals surface area contributed by atoms with Crippen molar-refractivity contribution in [2.45, 2.75) is 109 Å². The van der Waals surface area contributed by atoms with Crippen molar-refractivity contribution < 1.29 is 42.1 Å². The summed E-state index contributed by atoms with van der Waals surface area (Å²) in [5, 5.41) is 13.1. The number of hydrogen-bond acceptors (Lipinski definition) is 6. The van der Waals surface area contributed by atoms with Crippen LogP contribution < -0.4 is 10.1 Å². The van der Waals surface area contributed by atoms with Gasteiger partial charge in [-0.2, -0.15) is 13.2 Å². The molecule has 0 aromatic heterocycles. The standard InChI is InChI=1S/C33H50F3N3O6/c1-22-19-39(23(2)21-40)32(43)27-18-26(37-31(42)25-11-6-5-7-12-25)13-14-28(27)45-24(3)10-8-9-17-44-29(22)20-38(4)30(41)15-16-33(34,35)36/h13-14,18,22-25,29,40H,5-12,15-17,19-21H2,1-4H3,(H,37,42)/t22-,23-,24-,29+/m1/s1. The number of alkyl halides is 3. The van der Waals surface area contributed by atoms with Crippen molar-refractivity contribution in [2.75, 3.05) is 38.7 Å². The Labute approximate surface area is 264 Å². The summed E-state index contributed by atoms with van der Waals surface area (Å²) >= 11 is 0. The maximum absolute atomic E-state index is 14.2. The van der Waals surface area contributed by atoms with Gasteiger partial charge < -0.3 is 29.7 Å². The molecule has 9 nitrogen and oxygen atoms in total. The number of hydrogen-bond donors (Lipinski definition) is 2. The lowest BCUT2D eigenvalue weighted by Gasteiger charge is -2.36. The maximum atomic E-state index is 14.2. The number of amides is 3. The third kappa shape index (κ3) is 11.5. The molecule has 254 valence electrons. The number of carbonyl (C=O) groups is 3. The predicted molar refractivity (Wildman–Crippen MR) is 165 cm³/mol. The Hall–Kier alpha value is -2.86. The van der Waals surface area contributed by atoms with Gasteiger partial charge >= 0.3 is 6.18 Å². The van der Waals surface area contributed by atoms with Crippen LogP contribution in [0.4, 0.5) is 18.9 Å². The summed E-state index contributed by atoms with van der Waals surface area (Å²) in [5.74, 6) is -1.14. The van der Waals surface area contributed by atoms with Crippen molar-refractivity contribution in [3.05, 3.63) is 23.8 Å². The topological polar surface area (TPSA) is 108 Å². The van der Waals surface area contributed by atoms with Gasteiger partial charge in [0.05, 0.1) is 36.8 Å². The van der Waals surface area contributed by atoms with Crippen molar-refractivity contribution in [2.24, 2.45) is 11.8 Å². The molecule has 1 fully saturated rings. The summed E-state index contributed by atoms with van der Waals surface area (Å²) in [4.78, 5) is 42.5. The minimum absolute atomic E-state index is 0.0564. The van der Waals surface area contributed by atoms with E-state index < -0.39 is 43.0 Å². The molecule has 2 aliphatic rings. The van der Waals surface area contributed by atoms with Gasteiger partial charge in [0.15, 0.2) is 0 Å². The quantitative estimate of drug-likeness (QED) is 0.372. The molecular formula is C33H50F3N3O6. The number of anilines is 1. The number of nitrogens with zero attached hydrogens (tertiary/aromatic N) is 2. The molecule has 0 radical (unpaired) electrons. The van der Waals surface area contributed by atoms with Crippen LogP contribution in [0.5, 0.6) is 5.75 Å². The SMILES string of the molecule is C[C@@H]1CCCCO[C@@H](CN(C)C(=O)CCC(F)(F)F)[C@H](C)CN([C@H](C)CO)C(=O)c2cc(NC(=O)C3CCCCC3)ccc2O1. The molecule has 1 aliphatic heterocycles. The largest absolute Gasteiger partial charge is 0.490 e. The van der Waals surface area contributed by atoms with Gasteiger partial charge in [-0.25, -0.2) is 0 Å². The first-order valence-electron chi connectivity index (χ1n) is 16.2. The van der Waals surface area contributed by atoms with Gasteiger partial charge in [0.25, 0.3) is 5.91 Å². The third-order valence-electron chi connectivity index (χ3n) is 8.80. The normalized spacial score (nSPS) is 23.3. The van der Waals surface area contributed by atoms with Crippen LogP contribution in [0.1, 0.15) is 95.3 Å². The molecule has 4 atom stereocenters. The van der Waals surface area contributed by atoms with E-state index in [4.69, 9.17) is 9.47 Å². The van der Waals surface area contributed by atoms with E-state index in [2.05, 4.69) is 5.32 Å². The van der Waals surface area contributed by atoms with Crippen LogP contribution in [-0.2, 0) is 14.3 Å². The zero-order valence-corrected chi connectivity index (χ0v) is 27.0. The van der Waals surface area contributed by atoms with E-state index in [0.29, 0.717) is 30.9 Å². The number of likely N-dealkylation sites (N-methyl/N-ethyl adjacent to an activating group) is 1. The van der Waals surface area contributed by atoms with Gasteiger partial charge in [0.2, 0.25) is 11.8 Å². The molecular weight excluding hydrogens is 591 g/mol. The number of rotatable bonds is 8. The molecule has 2 N–H and O–H groups in total. The number of benzene rings is 1. The zero-order valence-electron chi connectivity index (χ0n) is 27.0. The zero-order chi connectivity index (χ0) is 33.1. The second-order valence-electron chi connectivity index (χ2n) is 12.7. The fraction of sp³-hybridized carbons (Fsp3) is 0.727. The first-order chi connectivity index (χ1) is 21.3. The maximum Gasteiger partial charge on any atom is 0.389 e. The summed E-state index contributed by atoms with van der Waals surface area (Å²) in [6.07, 6.45) is -0.0793. The number of halogens is 3. The summed E-state index contributed by atoms with van der Waals surface area (Å²) in [6.45, 7) is 5.75. The van der Waals surface area contributed by atoms with Gasteiger partial charge in [-0.1, -0.05) is 26.2 Å². The van der Waals surface area contributed by atoms with E-state index in [1.807, 2.05) is 13.8 Å². The molecule has 0 saturated heterocycles. The molecule has 12 heteroatoms. The highest BCUT2D eigenvalue weighted by molar-refractivity contribution is 6.00. The molecule has 0 bridgehead atoms. The van der Waals surface area contributed by atoms with E-state index >= 15 is 0 Å². The van der Waals surface area contributed by atoms with Crippen molar-refractivity contribution in [3.63, 3.8) is 0 Å². The van der Waals surface area contributed by atoms with Crippen molar-refractivity contribution in [3.8, 4) is 5.75 Å². The number of ether oxygens (including phenoxy) is 2. The molecule has 3 amide bonds. The average molecular weight is 642 g/mol. The molecule has 1 aliphatic carbocycles. The molecule has 1 aromatic rings. The molecule has 1 saturated carbocycles. The second-order valence-corrected chi connectivity index (χ2v) is 12.7. The number of fused-ring (bicyclic) bond motifs is 1. The lowest BCUT2D eigenvalue weighted by Crippen LogP contribution is -2.48. The van der Waals surface area contributed by atoms with Crippen LogP contribution in [0, 0.1) is 11.8 Å². The monoisotopic (exact) mass is 641 g/mol. The van der Waals surface area contributed by atoms with E-state index in [1.54, 1.807) is 25.1 Å². The molecule has 1 aromatic carbocycles. The first kappa shape index (κ1) is 36.6. The van der Waals surface area contributed by atoms with E-state index in [-0.39, 0.29) is 49.1 Å². The predicted octanol–water partition coefficient (Wildman–Crippen LogP) is 5.80. The Kier molecular flexibility index (Phi) is 14.0. The smallest absolute Gasteiger partial charge is 0.389 e. The van der Waals surface area contributed by atoms with E-state index in [9.17, 15) is 32.7 Å². The summed E-state index contributed by atoms with van der Waals surface area (Å²) in [7, 11) is 1.46. The summed E-state index contributed by atoms with van der Waals surface area (Å²) in [6, 6.07) is 4.47. The van der Waals surface area contributed by atoms with Crippen molar-refractivity contribution >= 4 is 23.4 Å². The first-order valence-corrected chi connectivity index (χ1v) is 16.2. The van der Waals surface area contributed by atoms with Gasteiger partial charge in [-0.15, -0.1) is 0 Å². The van der Waals surface area contributed by atoms with Crippen molar-refractivity contribution in [1.82, 2.24) is 9.80 Å². The Morgan fingerprint density at radius 2 is 1.80 bits per heavy atom. The number of nitrogens with one attached hydrogen (secondary N) is 1. The Morgan fingerprint density at radius 1 is 1.11 bits per heavy atom. The Morgan fingerprint density at radius 3 is 2.47 bits per heavy atom. The minimum Gasteiger partial charge on any atom is -0.490 e. The summed E-state index contributed by atoms with van der Waals surface area (Å²) in [5.41, 5.74) is 0.740. The van der Waals surface area contributed by atoms with Crippen LogP contribution in [0.3, 0.4) is 0 Å². The minimum atomic E-state index is -4.43. The van der Waals surface area contributed by atoms with Crippen molar-refractivity contribution in [1.29, 1.82) is 0 Å². The Balaban J connectivity index is 1.88. The van der Waals surface area contributed by atoms with Crippen LogP contribution >= 0.6 is 0 Å². The Bertz CT molecular complexity index is 1130. The fourth-order valence-corrected chi connectivity index (χ4v) is 5.88. The fourth-order valence-electron chi connectivity index (χ4n) is 5.88. The number of carbonyl (C=O) groups excluding carboxylic acids is 3. The summed E-state index contributed by atoms with van der Waals surface area (Å²) < 4.78 is 50.6. The van der Waals surface area contributed by atoms with Gasteiger partial charge in [0.1, 0.15) is 5.75 Å². The lowest BCUT2D eigenvalue weighted by molar-refractivity contribution is -0.149. The lowest BCUT2D eigenvalue weighted by atomic mass is 9.88. The highest BCUT2D eigenvalue weighted by Crippen LogP contribution is 2.30. The molecule has 3 rings (SSSR count). The molecule has 0 spiro atoms. The van der Waals surface area contributed by atoms with E-state index in [0.717, 1.165) is 38.5 Å². The van der Waals surface area contributed by atoms with Gasteiger partial charge in [0, 0.05) is 50.7 Å². The number of aliphatic hydroxyl groups excluding tert-OH is 1. The highest BCUT2D eigenvalue weighted by Gasteiger charge is 2.33. The second kappa shape index (κ2) is 17.2. The third-order valence-corrected chi connectivity index (χ3v) is 8.80. The van der Waals surface area contributed by atoms with Crippen LogP contribution in [-0.4, -0.2) is 90.4 Å². The number of aliphatic hydroxyl groups is 1. The van der Waals surface area contributed by atoms with Crippen LogP contribution in [0.15, 0.2) is 18.2 Å². The van der Waals surface area contributed by atoms with Crippen LogP contribution in [0.25, 0.3) is 0 Å². The van der Waals surface area contributed by atoms with Gasteiger partial charge in [-0.3, -0.25) is 14.4 Å². The molecule has 45 heavy (non-hydrogen) atoms. The van der Waals surface area contributed by atoms with E-state index in [1.165, 1.54) is 16.8 Å². The van der Waals surface area contributed by atoms with Gasteiger partial charge in [-0.05, 0) is 64.2 Å². The average Bonchev–Trinajstić information content (AvgIpc) is 3.01. The van der Waals surface area contributed by atoms with Crippen LogP contribution in [0.2, 0.25) is 0 Å².